The maximum atomic E-state index is 14.0. The van der Waals surface area contributed by atoms with Crippen LogP contribution in [-0.4, -0.2) is 67.7 Å². The van der Waals surface area contributed by atoms with E-state index in [4.69, 9.17) is 9.47 Å². The van der Waals surface area contributed by atoms with Crippen LogP contribution in [0, 0.1) is 10.1 Å². The van der Waals surface area contributed by atoms with Crippen LogP contribution in [0.2, 0.25) is 0 Å². The molecule has 0 aromatic heterocycles. The number of carbonyl (C=O) groups excluding carboxylic acids is 2. The highest BCUT2D eigenvalue weighted by molar-refractivity contribution is 6.00. The number of nitro benzene ring substituents is 1. The Bertz CT molecular complexity index is 1400. The molecule has 11 nitrogen and oxygen atoms in total. The van der Waals surface area contributed by atoms with Gasteiger partial charge in [0.15, 0.2) is 0 Å². The molecular weight excluding hydrogens is 635 g/mol. The number of hydrogen-bond acceptors (Lipinski definition) is 10. The van der Waals surface area contributed by atoms with E-state index >= 15 is 0 Å². The Morgan fingerprint density at radius 3 is 2.39 bits per heavy atom. The number of carbonyl (C=O) groups is 2. The van der Waals surface area contributed by atoms with Gasteiger partial charge in [-0.15, -0.1) is 12.4 Å². The van der Waals surface area contributed by atoms with Crippen molar-refractivity contribution in [2.24, 2.45) is 0 Å². The number of methoxy groups -OCH3 is 1. The maximum absolute atomic E-state index is 14.0. The van der Waals surface area contributed by atoms with Gasteiger partial charge in [0.2, 0.25) is 0 Å². The number of alkyl halides is 3. The molecule has 1 aliphatic rings. The second-order valence-electron chi connectivity index (χ2n) is 10.3. The minimum absolute atomic E-state index is 0. The number of dihydropyridines is 1. The van der Waals surface area contributed by atoms with Gasteiger partial charge in [0, 0.05) is 24.4 Å². The second-order valence-corrected chi connectivity index (χ2v) is 10.3. The zero-order chi connectivity index (χ0) is 33.0. The fourth-order valence-electron chi connectivity index (χ4n) is 4.79. The highest BCUT2D eigenvalue weighted by Crippen LogP contribution is 2.44. The van der Waals surface area contributed by atoms with E-state index in [0.29, 0.717) is 31.7 Å². The van der Waals surface area contributed by atoms with E-state index < -0.39 is 52.0 Å². The van der Waals surface area contributed by atoms with E-state index in [-0.39, 0.29) is 42.5 Å². The summed E-state index contributed by atoms with van der Waals surface area (Å²) in [6.45, 7) is 2.36. The molecule has 0 radical (unpaired) electrons. The Balaban J connectivity index is 0.00000736. The predicted molar refractivity (Wildman–Crippen MR) is 164 cm³/mol. The van der Waals surface area contributed by atoms with E-state index in [9.17, 15) is 38.0 Å². The van der Waals surface area contributed by atoms with E-state index in [1.807, 2.05) is 18.2 Å². The van der Waals surface area contributed by atoms with Crippen molar-refractivity contribution in [2.75, 3.05) is 33.4 Å². The number of nitrogens with one attached hydrogen (secondary N) is 2. The molecule has 0 amide bonds. The first-order valence-electron chi connectivity index (χ1n) is 14.3. The van der Waals surface area contributed by atoms with E-state index in [0.717, 1.165) is 32.1 Å². The van der Waals surface area contributed by atoms with Crippen molar-refractivity contribution in [3.63, 3.8) is 0 Å². The molecule has 1 heterocycles. The Labute approximate surface area is 270 Å². The van der Waals surface area contributed by atoms with Crippen LogP contribution < -0.4 is 15.4 Å². The molecule has 1 aliphatic heterocycles. The number of halogens is 4. The van der Waals surface area contributed by atoms with Crippen molar-refractivity contribution in [3.05, 3.63) is 92.8 Å². The first-order valence-corrected chi connectivity index (χ1v) is 14.3. The van der Waals surface area contributed by atoms with Crippen molar-refractivity contribution in [1.82, 2.24) is 10.6 Å². The van der Waals surface area contributed by atoms with Gasteiger partial charge in [-0.3, -0.25) is 10.1 Å². The van der Waals surface area contributed by atoms with Gasteiger partial charge in [0.25, 0.3) is 5.69 Å². The van der Waals surface area contributed by atoms with Crippen LogP contribution in [0.3, 0.4) is 0 Å². The largest absolute Gasteiger partial charge is 0.491 e. The van der Waals surface area contributed by atoms with Gasteiger partial charge < -0.3 is 30.0 Å². The monoisotopic (exact) mass is 671 g/mol. The predicted octanol–water partition coefficient (Wildman–Crippen LogP) is 5.10. The zero-order valence-corrected chi connectivity index (χ0v) is 26.1. The summed E-state index contributed by atoms with van der Waals surface area (Å²) in [5.41, 5.74) is -3.35. The van der Waals surface area contributed by atoms with E-state index in [2.05, 4.69) is 15.4 Å². The van der Waals surface area contributed by atoms with Crippen molar-refractivity contribution < 1.29 is 47.0 Å². The Morgan fingerprint density at radius 1 is 1.04 bits per heavy atom. The van der Waals surface area contributed by atoms with Crippen molar-refractivity contribution in [2.45, 2.75) is 50.8 Å². The number of unbranched alkanes of at least 4 members (excludes halogenated alkanes) is 3. The van der Waals surface area contributed by atoms with Gasteiger partial charge in [0.05, 0.1) is 35.7 Å². The summed E-state index contributed by atoms with van der Waals surface area (Å²) < 4.78 is 57.6. The summed E-state index contributed by atoms with van der Waals surface area (Å²) in [6.07, 6.45) is -2.98. The third-order valence-corrected chi connectivity index (χ3v) is 6.93. The molecule has 2 aromatic carbocycles. The summed E-state index contributed by atoms with van der Waals surface area (Å²) in [5.74, 6) is -3.28. The average molecular weight is 672 g/mol. The van der Waals surface area contributed by atoms with Crippen LogP contribution in [-0.2, 0) is 19.1 Å². The number of benzene rings is 2. The first kappa shape index (κ1) is 38.0. The molecule has 2 aromatic rings. The molecular formula is C31H37ClF3N3O8. The van der Waals surface area contributed by atoms with Crippen LogP contribution in [0.1, 0.15) is 44.1 Å². The minimum Gasteiger partial charge on any atom is -0.491 e. The van der Waals surface area contributed by atoms with Gasteiger partial charge in [-0.05, 0) is 44.0 Å². The lowest BCUT2D eigenvalue weighted by Crippen LogP contribution is -2.38. The second kappa shape index (κ2) is 18.1. The summed E-state index contributed by atoms with van der Waals surface area (Å²) >= 11 is 0. The quantitative estimate of drug-likeness (QED) is 0.0952. The van der Waals surface area contributed by atoms with Gasteiger partial charge >= 0.3 is 18.1 Å². The van der Waals surface area contributed by atoms with Crippen molar-refractivity contribution >= 4 is 30.0 Å². The molecule has 15 heteroatoms. The molecule has 0 spiro atoms. The summed E-state index contributed by atoms with van der Waals surface area (Å²) in [6, 6.07) is 13.9. The third kappa shape index (κ3) is 10.7. The van der Waals surface area contributed by atoms with Gasteiger partial charge in [-0.1, -0.05) is 43.2 Å². The number of para-hydroxylation sites is 1. The number of nitrogens with zero attached hydrogens (tertiary/aromatic N) is 1. The lowest BCUT2D eigenvalue weighted by Gasteiger charge is -2.31. The van der Waals surface area contributed by atoms with Crippen LogP contribution in [0.5, 0.6) is 5.75 Å². The fourth-order valence-corrected chi connectivity index (χ4v) is 4.79. The lowest BCUT2D eigenvalue weighted by atomic mass is 9.80. The van der Waals surface area contributed by atoms with E-state index in [1.165, 1.54) is 19.1 Å². The molecule has 0 saturated carbocycles. The number of aliphatic hydroxyl groups excluding tert-OH is 1. The van der Waals surface area contributed by atoms with Crippen LogP contribution in [0.25, 0.3) is 0 Å². The van der Waals surface area contributed by atoms with Gasteiger partial charge in [0.1, 0.15) is 24.2 Å². The number of non-ortho nitro benzene ring substituents is 1. The average Bonchev–Trinajstić information content (AvgIpc) is 3.02. The summed E-state index contributed by atoms with van der Waals surface area (Å²) in [5, 5.41) is 26.7. The normalized spacial score (nSPS) is 15.4. The van der Waals surface area contributed by atoms with Crippen LogP contribution in [0.15, 0.2) is 77.1 Å². The highest BCUT2D eigenvalue weighted by Gasteiger charge is 2.47. The van der Waals surface area contributed by atoms with Gasteiger partial charge in [-0.25, -0.2) is 9.59 Å². The molecule has 0 bridgehead atoms. The Morgan fingerprint density at radius 2 is 1.74 bits per heavy atom. The number of ether oxygens (including phenoxy) is 3. The molecule has 46 heavy (non-hydrogen) atoms. The molecule has 2 atom stereocenters. The van der Waals surface area contributed by atoms with Crippen LogP contribution >= 0.6 is 12.4 Å². The number of hydrogen-bond donors (Lipinski definition) is 3. The number of nitro groups is 1. The fraction of sp³-hybridized carbons (Fsp3) is 0.419. The smallest absolute Gasteiger partial charge is 0.431 e. The van der Waals surface area contributed by atoms with Gasteiger partial charge in [-0.2, -0.15) is 13.2 Å². The number of allylic oxidation sites excluding steroid dienone is 2. The number of rotatable bonds is 16. The van der Waals surface area contributed by atoms with E-state index in [1.54, 1.807) is 12.1 Å². The topological polar surface area (TPSA) is 149 Å². The first-order chi connectivity index (χ1) is 21.4. The molecule has 3 rings (SSSR count). The van der Waals surface area contributed by atoms with Crippen LogP contribution in [0.4, 0.5) is 18.9 Å². The third-order valence-electron chi connectivity index (χ3n) is 6.93. The van der Waals surface area contributed by atoms with Crippen molar-refractivity contribution in [3.8, 4) is 5.75 Å². The molecule has 0 aliphatic carbocycles. The van der Waals surface area contributed by atoms with Crippen molar-refractivity contribution in [1.29, 1.82) is 0 Å². The molecule has 3 N–H and O–H groups in total. The molecule has 1 unspecified atom stereocenters. The SMILES string of the molecule is COC(=O)C1=C(C(F)(F)F)NC(C)=C(C(=O)OCCCCCCNC[C@H](O)COc2ccccc2)C1c1cccc([N+](=O)[O-])c1.Cl. The molecule has 0 saturated heterocycles. The lowest BCUT2D eigenvalue weighted by molar-refractivity contribution is -0.384. The molecule has 0 fully saturated rings. The Kier molecular flexibility index (Phi) is 15.0. The Hall–Kier alpha value is -4.14. The zero-order valence-electron chi connectivity index (χ0n) is 25.3. The molecule has 252 valence electrons. The number of esters is 2. The maximum Gasteiger partial charge on any atom is 0.431 e. The number of aliphatic hydroxyl groups is 1. The minimum atomic E-state index is -5.03. The highest BCUT2D eigenvalue weighted by atomic mass is 35.5. The summed E-state index contributed by atoms with van der Waals surface area (Å²) in [4.78, 5) is 36.6. The standard InChI is InChI=1S/C31H36F3N3O8.ClH/c1-20-25(30(40)44-16-9-4-3-8-15-35-18-23(38)19-45-24-13-6-5-7-14-24)26(21-11-10-12-22(17-21)37(41)42)27(29(39)43-2)28(36-20)31(32,33)34;/h5-7,10-14,17,23,26,35-36,38H,3-4,8-9,15-16,18-19H2,1-2H3;1H/t23-,26?;/m0./s1. The summed E-state index contributed by atoms with van der Waals surface area (Å²) in [7, 11) is 0.898.